The van der Waals surface area contributed by atoms with E-state index in [-0.39, 0.29) is 0 Å². The minimum atomic E-state index is 1.05. The van der Waals surface area contributed by atoms with Crippen molar-refractivity contribution in [1.82, 2.24) is 9.78 Å². The van der Waals surface area contributed by atoms with Crippen molar-refractivity contribution >= 4 is 5.70 Å². The fourth-order valence-electron chi connectivity index (χ4n) is 2.22. The van der Waals surface area contributed by atoms with Crippen molar-refractivity contribution in [1.29, 1.82) is 0 Å². The molecule has 0 radical (unpaired) electrons. The molecule has 0 atom stereocenters. The van der Waals surface area contributed by atoms with Crippen LogP contribution >= 0.6 is 0 Å². The summed E-state index contributed by atoms with van der Waals surface area (Å²) in [6.45, 7) is 2.18. The largest absolute Gasteiger partial charge is 0.240 e. The molecule has 0 N–H and O–H groups in total. The number of fused-ring (bicyclic) bond motifs is 1. The summed E-state index contributed by atoms with van der Waals surface area (Å²) in [6, 6.07) is 10.5. The summed E-state index contributed by atoms with van der Waals surface area (Å²) < 4.78 is 1.96. The van der Waals surface area contributed by atoms with Crippen molar-refractivity contribution < 1.29 is 0 Å². The zero-order chi connectivity index (χ0) is 10.3. The Morgan fingerprint density at radius 2 is 2.07 bits per heavy atom. The summed E-state index contributed by atoms with van der Waals surface area (Å²) in [5, 5.41) is 4.31. The highest BCUT2D eigenvalue weighted by atomic mass is 15.3. The van der Waals surface area contributed by atoms with E-state index < -0.39 is 0 Å². The molecule has 2 nitrogen and oxygen atoms in total. The van der Waals surface area contributed by atoms with E-state index in [0.717, 1.165) is 6.42 Å². The summed E-state index contributed by atoms with van der Waals surface area (Å²) in [5.41, 5.74) is 5.36. The van der Waals surface area contributed by atoms with Crippen LogP contribution in [-0.4, -0.2) is 9.78 Å². The van der Waals surface area contributed by atoms with Crippen LogP contribution in [0.25, 0.3) is 5.70 Å². The standard InChI is InChI=1S/C13H12N2/c1-10-9-11-5-2-3-6-12(11)13(10)15-8-4-7-14-15/h2-8H,9H2,1H3. The van der Waals surface area contributed by atoms with Crippen molar-refractivity contribution in [3.8, 4) is 0 Å². The van der Waals surface area contributed by atoms with Crippen LogP contribution < -0.4 is 0 Å². The third kappa shape index (κ3) is 1.22. The number of hydrogen-bond acceptors (Lipinski definition) is 1. The summed E-state index contributed by atoms with van der Waals surface area (Å²) in [4.78, 5) is 0. The molecule has 2 aromatic rings. The third-order valence-electron chi connectivity index (χ3n) is 2.87. The molecule has 0 unspecified atom stereocenters. The van der Waals surface area contributed by atoms with Crippen LogP contribution in [0.2, 0.25) is 0 Å². The minimum absolute atomic E-state index is 1.05. The van der Waals surface area contributed by atoms with E-state index in [1.165, 1.54) is 22.4 Å². The fourth-order valence-corrected chi connectivity index (χ4v) is 2.22. The molecule has 74 valence electrons. The van der Waals surface area contributed by atoms with E-state index in [2.05, 4.69) is 36.3 Å². The molecule has 0 spiro atoms. The van der Waals surface area contributed by atoms with Crippen LogP contribution in [0.15, 0.2) is 48.3 Å². The highest BCUT2D eigenvalue weighted by Gasteiger charge is 2.19. The Hall–Kier alpha value is -1.83. The fraction of sp³-hybridized carbons (Fsp3) is 0.154. The van der Waals surface area contributed by atoms with Gasteiger partial charge in [0.2, 0.25) is 0 Å². The summed E-state index contributed by atoms with van der Waals surface area (Å²) >= 11 is 0. The average molecular weight is 196 g/mol. The smallest absolute Gasteiger partial charge is 0.0713 e. The minimum Gasteiger partial charge on any atom is -0.240 e. The van der Waals surface area contributed by atoms with E-state index in [1.807, 2.05) is 23.1 Å². The van der Waals surface area contributed by atoms with Crippen molar-refractivity contribution in [2.24, 2.45) is 0 Å². The van der Waals surface area contributed by atoms with Crippen molar-refractivity contribution in [3.05, 3.63) is 59.4 Å². The Morgan fingerprint density at radius 3 is 2.87 bits per heavy atom. The van der Waals surface area contributed by atoms with Gasteiger partial charge in [-0.3, -0.25) is 0 Å². The molecule has 0 saturated heterocycles. The molecule has 0 fully saturated rings. The van der Waals surface area contributed by atoms with E-state index in [0.29, 0.717) is 0 Å². The molecule has 3 rings (SSSR count). The number of hydrogen-bond donors (Lipinski definition) is 0. The van der Waals surface area contributed by atoms with Crippen LogP contribution in [0.4, 0.5) is 0 Å². The highest BCUT2D eigenvalue weighted by molar-refractivity contribution is 5.75. The van der Waals surface area contributed by atoms with Gasteiger partial charge in [-0.15, -0.1) is 0 Å². The first-order valence-corrected chi connectivity index (χ1v) is 5.14. The lowest BCUT2D eigenvalue weighted by Crippen LogP contribution is -1.98. The predicted octanol–water partition coefficient (Wildman–Crippen LogP) is 2.72. The second kappa shape index (κ2) is 3.09. The predicted molar refractivity (Wildman–Crippen MR) is 60.4 cm³/mol. The lowest BCUT2D eigenvalue weighted by molar-refractivity contribution is 0.899. The number of benzene rings is 1. The van der Waals surface area contributed by atoms with Gasteiger partial charge in [-0.2, -0.15) is 5.10 Å². The zero-order valence-corrected chi connectivity index (χ0v) is 8.64. The summed E-state index contributed by atoms with van der Waals surface area (Å²) in [7, 11) is 0. The monoisotopic (exact) mass is 196 g/mol. The van der Waals surface area contributed by atoms with Gasteiger partial charge in [0, 0.05) is 18.0 Å². The van der Waals surface area contributed by atoms with Crippen LogP contribution in [0.1, 0.15) is 18.1 Å². The number of allylic oxidation sites excluding steroid dienone is 1. The Bertz CT molecular complexity index is 521. The van der Waals surface area contributed by atoms with Crippen molar-refractivity contribution in [2.45, 2.75) is 13.3 Å². The first-order valence-electron chi connectivity index (χ1n) is 5.14. The molecule has 0 amide bonds. The highest BCUT2D eigenvalue weighted by Crippen LogP contribution is 2.32. The van der Waals surface area contributed by atoms with Gasteiger partial charge < -0.3 is 0 Å². The Morgan fingerprint density at radius 1 is 1.20 bits per heavy atom. The molecule has 2 heteroatoms. The maximum Gasteiger partial charge on any atom is 0.0713 e. The average Bonchev–Trinajstić information content (AvgIpc) is 2.82. The lowest BCUT2D eigenvalue weighted by Gasteiger charge is -2.06. The van der Waals surface area contributed by atoms with Gasteiger partial charge in [0.25, 0.3) is 0 Å². The maximum atomic E-state index is 4.31. The molecule has 1 aliphatic carbocycles. The van der Waals surface area contributed by atoms with E-state index >= 15 is 0 Å². The molecule has 1 aromatic heterocycles. The van der Waals surface area contributed by atoms with Crippen LogP contribution in [0.5, 0.6) is 0 Å². The van der Waals surface area contributed by atoms with E-state index in [4.69, 9.17) is 0 Å². The molecular weight excluding hydrogens is 184 g/mol. The summed E-state index contributed by atoms with van der Waals surface area (Å²) in [5.74, 6) is 0. The van der Waals surface area contributed by atoms with Crippen molar-refractivity contribution in [2.75, 3.05) is 0 Å². The third-order valence-corrected chi connectivity index (χ3v) is 2.87. The number of nitrogens with zero attached hydrogens (tertiary/aromatic N) is 2. The second-order valence-electron chi connectivity index (χ2n) is 3.91. The lowest BCUT2D eigenvalue weighted by atomic mass is 10.1. The molecule has 15 heavy (non-hydrogen) atoms. The first kappa shape index (κ1) is 8.48. The van der Waals surface area contributed by atoms with Crippen LogP contribution in [-0.2, 0) is 6.42 Å². The van der Waals surface area contributed by atoms with Gasteiger partial charge in [-0.1, -0.05) is 24.3 Å². The Balaban J connectivity index is 2.20. The molecule has 1 aromatic carbocycles. The van der Waals surface area contributed by atoms with Crippen LogP contribution in [0, 0.1) is 0 Å². The van der Waals surface area contributed by atoms with Gasteiger partial charge in [-0.25, -0.2) is 4.68 Å². The van der Waals surface area contributed by atoms with Gasteiger partial charge in [0.05, 0.1) is 5.70 Å². The number of rotatable bonds is 1. The first-order chi connectivity index (χ1) is 7.36. The normalized spacial score (nSPS) is 14.5. The molecular formula is C13H12N2. The van der Waals surface area contributed by atoms with Gasteiger partial charge in [-0.05, 0) is 30.5 Å². The second-order valence-corrected chi connectivity index (χ2v) is 3.91. The van der Waals surface area contributed by atoms with Gasteiger partial charge in [0.1, 0.15) is 0 Å². The van der Waals surface area contributed by atoms with Crippen LogP contribution in [0.3, 0.4) is 0 Å². The topological polar surface area (TPSA) is 17.8 Å². The maximum absolute atomic E-state index is 4.31. The zero-order valence-electron chi connectivity index (χ0n) is 8.64. The number of aromatic nitrogens is 2. The van der Waals surface area contributed by atoms with Gasteiger partial charge in [0.15, 0.2) is 0 Å². The SMILES string of the molecule is CC1=C(n2cccn2)c2ccccc2C1. The molecule has 1 aliphatic rings. The molecule has 0 saturated carbocycles. The van der Waals surface area contributed by atoms with Gasteiger partial charge >= 0.3 is 0 Å². The van der Waals surface area contributed by atoms with E-state index in [1.54, 1.807) is 0 Å². The quantitative estimate of drug-likeness (QED) is 0.685. The Kier molecular flexibility index (Phi) is 1.75. The molecule has 1 heterocycles. The molecule has 0 bridgehead atoms. The van der Waals surface area contributed by atoms with E-state index in [9.17, 15) is 0 Å². The van der Waals surface area contributed by atoms with Crippen molar-refractivity contribution in [3.63, 3.8) is 0 Å². The summed E-state index contributed by atoms with van der Waals surface area (Å²) in [6.07, 6.45) is 4.87. The Labute approximate surface area is 88.9 Å². The molecule has 0 aliphatic heterocycles.